The number of fused-ring (bicyclic) bond motifs is 1. The molecule has 0 bridgehead atoms. The molecule has 0 saturated carbocycles. The number of methoxy groups -OCH3 is 1. The minimum atomic E-state index is -0.520. The molecule has 4 rings (SSSR count). The predicted molar refractivity (Wildman–Crippen MR) is 137 cm³/mol. The highest BCUT2D eigenvalue weighted by molar-refractivity contribution is 9.10. The van der Waals surface area contributed by atoms with Crippen molar-refractivity contribution in [2.75, 3.05) is 7.11 Å². The number of phenols is 1. The molecule has 0 unspecified atom stereocenters. The van der Waals surface area contributed by atoms with Gasteiger partial charge in [-0.1, -0.05) is 48.0 Å². The van der Waals surface area contributed by atoms with Crippen molar-refractivity contribution in [1.29, 1.82) is 0 Å². The lowest BCUT2D eigenvalue weighted by atomic mass is 10.1. The number of nitrogens with zero attached hydrogens (tertiary/aromatic N) is 1. The highest BCUT2D eigenvalue weighted by atomic mass is 79.9. The van der Waals surface area contributed by atoms with E-state index in [0.717, 1.165) is 16.3 Å². The first-order valence-corrected chi connectivity index (χ1v) is 11.4. The highest BCUT2D eigenvalue weighted by Crippen LogP contribution is 2.37. The minimum Gasteiger partial charge on any atom is -0.507 e. The summed E-state index contributed by atoms with van der Waals surface area (Å²) in [4.78, 5) is 12.5. The minimum absolute atomic E-state index is 0.113. The molecule has 0 fully saturated rings. The van der Waals surface area contributed by atoms with E-state index >= 15 is 0 Å². The number of hydrazone groups is 1. The monoisotopic (exact) mass is 538 g/mol. The molecular weight excluding hydrogens is 520 g/mol. The Morgan fingerprint density at radius 1 is 1.09 bits per heavy atom. The normalized spacial score (nSPS) is 11.0. The van der Waals surface area contributed by atoms with E-state index in [9.17, 15) is 9.90 Å². The van der Waals surface area contributed by atoms with Crippen LogP contribution in [-0.2, 0) is 6.61 Å². The number of benzene rings is 4. The number of hydrogen-bond donors (Lipinski definition) is 2. The third-order valence-electron chi connectivity index (χ3n) is 5.04. The first kappa shape index (κ1) is 23.6. The SMILES string of the molecule is COc1cc(/C=N\NC(=O)c2cc3ccccc3cc2O)cc(Br)c1OCc1ccc(Cl)cc1. The summed E-state index contributed by atoms with van der Waals surface area (Å²) in [6.45, 7) is 0.338. The number of hydrogen-bond acceptors (Lipinski definition) is 5. The second-order valence-corrected chi connectivity index (χ2v) is 8.66. The Balaban J connectivity index is 1.46. The Morgan fingerprint density at radius 2 is 1.79 bits per heavy atom. The third kappa shape index (κ3) is 5.50. The van der Waals surface area contributed by atoms with Gasteiger partial charge in [-0.05, 0) is 74.2 Å². The van der Waals surface area contributed by atoms with Gasteiger partial charge in [0.05, 0.1) is 23.4 Å². The molecule has 34 heavy (non-hydrogen) atoms. The number of carbonyl (C=O) groups is 1. The van der Waals surface area contributed by atoms with E-state index in [0.29, 0.717) is 33.2 Å². The molecule has 4 aromatic rings. The van der Waals surface area contributed by atoms with Crippen molar-refractivity contribution in [2.24, 2.45) is 5.10 Å². The third-order valence-corrected chi connectivity index (χ3v) is 5.88. The molecule has 0 saturated heterocycles. The zero-order valence-corrected chi connectivity index (χ0v) is 20.4. The molecule has 0 aliphatic rings. The van der Waals surface area contributed by atoms with Crippen LogP contribution in [0.3, 0.4) is 0 Å². The second kappa shape index (κ2) is 10.6. The number of halogens is 2. The van der Waals surface area contributed by atoms with Crippen LogP contribution in [0.4, 0.5) is 0 Å². The van der Waals surface area contributed by atoms with Crippen LogP contribution in [0, 0.1) is 0 Å². The van der Waals surface area contributed by atoms with Crippen molar-refractivity contribution < 1.29 is 19.4 Å². The van der Waals surface area contributed by atoms with Gasteiger partial charge >= 0.3 is 0 Å². The standard InChI is InChI=1S/C26H20BrClN2O4/c1-33-24-11-17(10-22(27)25(24)34-15-16-6-8-20(28)9-7-16)14-29-30-26(32)21-12-18-4-2-3-5-19(18)13-23(21)31/h2-14,31H,15H2,1H3,(H,30,32)/b29-14-. The van der Waals surface area contributed by atoms with Gasteiger partial charge in [-0.15, -0.1) is 0 Å². The van der Waals surface area contributed by atoms with Crippen LogP contribution in [0.15, 0.2) is 82.4 Å². The van der Waals surface area contributed by atoms with Gasteiger partial charge in [0.25, 0.3) is 5.91 Å². The van der Waals surface area contributed by atoms with Gasteiger partial charge in [0.2, 0.25) is 0 Å². The molecule has 0 atom stereocenters. The molecule has 0 aromatic heterocycles. The Hall–Kier alpha value is -3.55. The summed E-state index contributed by atoms with van der Waals surface area (Å²) in [5, 5.41) is 16.6. The zero-order valence-electron chi connectivity index (χ0n) is 18.1. The molecular formula is C26H20BrClN2O4. The predicted octanol–water partition coefficient (Wildman–Crippen LogP) is 6.31. The molecule has 0 heterocycles. The van der Waals surface area contributed by atoms with Crippen molar-refractivity contribution in [3.63, 3.8) is 0 Å². The van der Waals surface area contributed by atoms with Crippen LogP contribution in [0.2, 0.25) is 5.02 Å². The van der Waals surface area contributed by atoms with E-state index in [2.05, 4.69) is 26.5 Å². The van der Waals surface area contributed by atoms with Crippen molar-refractivity contribution >= 4 is 50.4 Å². The Kier molecular flexibility index (Phi) is 7.35. The van der Waals surface area contributed by atoms with Gasteiger partial charge in [0.15, 0.2) is 11.5 Å². The lowest BCUT2D eigenvalue weighted by Crippen LogP contribution is -2.17. The number of phenolic OH excluding ortho intramolecular Hbond substituents is 1. The van der Waals surface area contributed by atoms with E-state index in [1.165, 1.54) is 6.21 Å². The van der Waals surface area contributed by atoms with E-state index in [-0.39, 0.29) is 11.3 Å². The average molecular weight is 540 g/mol. The smallest absolute Gasteiger partial charge is 0.275 e. The lowest BCUT2D eigenvalue weighted by Gasteiger charge is -2.13. The highest BCUT2D eigenvalue weighted by Gasteiger charge is 2.13. The topological polar surface area (TPSA) is 80.2 Å². The Labute approximate surface area is 209 Å². The molecule has 6 nitrogen and oxygen atoms in total. The Bertz CT molecular complexity index is 1370. The van der Waals surface area contributed by atoms with Crippen LogP contribution in [0.1, 0.15) is 21.5 Å². The summed E-state index contributed by atoms with van der Waals surface area (Å²) >= 11 is 9.43. The van der Waals surface area contributed by atoms with E-state index in [1.54, 1.807) is 43.5 Å². The van der Waals surface area contributed by atoms with Crippen molar-refractivity contribution in [3.8, 4) is 17.2 Å². The van der Waals surface area contributed by atoms with Crippen molar-refractivity contribution in [1.82, 2.24) is 5.43 Å². The van der Waals surface area contributed by atoms with Crippen LogP contribution < -0.4 is 14.9 Å². The number of carbonyl (C=O) groups excluding carboxylic acids is 1. The summed E-state index contributed by atoms with van der Waals surface area (Å²) in [5.74, 6) is 0.412. The van der Waals surface area contributed by atoms with Crippen LogP contribution in [0.25, 0.3) is 10.8 Å². The van der Waals surface area contributed by atoms with Gasteiger partial charge in [-0.2, -0.15) is 5.10 Å². The number of ether oxygens (including phenoxy) is 2. The average Bonchev–Trinajstić information content (AvgIpc) is 2.83. The first-order valence-electron chi connectivity index (χ1n) is 10.2. The van der Waals surface area contributed by atoms with Crippen molar-refractivity contribution in [2.45, 2.75) is 6.61 Å². The van der Waals surface area contributed by atoms with Crippen LogP contribution in [0.5, 0.6) is 17.2 Å². The molecule has 8 heteroatoms. The van der Waals surface area contributed by atoms with Crippen molar-refractivity contribution in [3.05, 3.63) is 99.0 Å². The first-order chi connectivity index (χ1) is 16.4. The number of rotatable bonds is 7. The van der Waals surface area contributed by atoms with Gasteiger partial charge in [0, 0.05) is 5.02 Å². The quantitative estimate of drug-likeness (QED) is 0.213. The lowest BCUT2D eigenvalue weighted by molar-refractivity contribution is 0.0952. The summed E-state index contributed by atoms with van der Waals surface area (Å²) in [6, 6.07) is 21.6. The Morgan fingerprint density at radius 3 is 2.50 bits per heavy atom. The molecule has 2 N–H and O–H groups in total. The van der Waals surface area contributed by atoms with Gasteiger partial charge in [-0.3, -0.25) is 4.79 Å². The fraction of sp³-hybridized carbons (Fsp3) is 0.0769. The summed E-state index contributed by atoms with van der Waals surface area (Å²) in [7, 11) is 1.54. The molecule has 0 spiro atoms. The number of nitrogens with one attached hydrogen (secondary N) is 1. The van der Waals surface area contributed by atoms with Gasteiger partial charge < -0.3 is 14.6 Å². The number of amides is 1. The largest absolute Gasteiger partial charge is 0.507 e. The zero-order chi connectivity index (χ0) is 24.1. The molecule has 172 valence electrons. The van der Waals surface area contributed by atoms with E-state index in [4.69, 9.17) is 21.1 Å². The molecule has 0 aliphatic carbocycles. The maximum Gasteiger partial charge on any atom is 0.275 e. The molecule has 4 aromatic carbocycles. The molecule has 0 radical (unpaired) electrons. The summed E-state index contributed by atoms with van der Waals surface area (Å²) in [5.41, 5.74) is 4.22. The van der Waals surface area contributed by atoms with Crippen LogP contribution in [-0.4, -0.2) is 24.3 Å². The summed E-state index contributed by atoms with van der Waals surface area (Å²) in [6.07, 6.45) is 1.48. The van der Waals surface area contributed by atoms with Gasteiger partial charge in [0.1, 0.15) is 12.4 Å². The molecule has 0 aliphatic heterocycles. The van der Waals surface area contributed by atoms with Gasteiger partial charge in [-0.25, -0.2) is 5.43 Å². The van der Waals surface area contributed by atoms with E-state index < -0.39 is 5.91 Å². The van der Waals surface area contributed by atoms with Crippen LogP contribution >= 0.6 is 27.5 Å². The maximum atomic E-state index is 12.5. The molecule has 1 amide bonds. The fourth-order valence-corrected chi connectivity index (χ4v) is 4.03. The number of aromatic hydroxyl groups is 1. The summed E-state index contributed by atoms with van der Waals surface area (Å²) < 4.78 is 12.1. The maximum absolute atomic E-state index is 12.5. The van der Waals surface area contributed by atoms with E-state index in [1.807, 2.05) is 36.4 Å². The fourth-order valence-electron chi connectivity index (χ4n) is 3.33. The second-order valence-electron chi connectivity index (χ2n) is 7.36.